The molecule has 182 valence electrons. The van der Waals surface area contributed by atoms with Crippen molar-refractivity contribution in [3.63, 3.8) is 0 Å². The van der Waals surface area contributed by atoms with E-state index in [1.54, 1.807) is 9.42 Å². The minimum absolute atomic E-state index is 0.154. The van der Waals surface area contributed by atoms with E-state index in [4.69, 9.17) is 4.74 Å². The van der Waals surface area contributed by atoms with E-state index in [2.05, 4.69) is 20.2 Å². The fourth-order valence-electron chi connectivity index (χ4n) is 4.46. The van der Waals surface area contributed by atoms with Crippen molar-refractivity contribution >= 4 is 17.3 Å². The van der Waals surface area contributed by atoms with Crippen molar-refractivity contribution in [3.05, 3.63) is 57.9 Å². The number of carbonyl (C=O) groups excluding carboxylic acids is 1. The molecule has 10 heteroatoms. The summed E-state index contributed by atoms with van der Waals surface area (Å²) in [6.07, 6.45) is 3.07. The van der Waals surface area contributed by atoms with Gasteiger partial charge in [0.05, 0.1) is 34.5 Å². The van der Waals surface area contributed by atoms with E-state index < -0.39 is 5.60 Å². The van der Waals surface area contributed by atoms with Gasteiger partial charge in [-0.05, 0) is 65.7 Å². The predicted octanol–water partition coefficient (Wildman–Crippen LogP) is 3.53. The lowest BCUT2D eigenvalue weighted by Crippen LogP contribution is -2.41. The highest BCUT2D eigenvalue weighted by atomic mass is 16.6. The van der Waals surface area contributed by atoms with Crippen molar-refractivity contribution in [2.24, 2.45) is 0 Å². The molecule has 0 atom stereocenters. The molecule has 35 heavy (non-hydrogen) atoms. The molecule has 0 saturated carbocycles. The standard InChI is InChI=1S/C25H29N7O3/c1-15-14-31-21(16(2)26-15)12-20(28-31)19-13-23(33)32-22(27-19)7-6-18(29-32)17-8-10-30(11-9-17)24(34)35-25(3,4)5/h6-7,12-14,17H,8-11H2,1-5H3. The molecule has 1 saturated heterocycles. The van der Waals surface area contributed by atoms with E-state index in [1.165, 1.54) is 10.6 Å². The lowest BCUT2D eigenvalue weighted by Gasteiger charge is -2.33. The van der Waals surface area contributed by atoms with Gasteiger partial charge in [-0.25, -0.2) is 14.3 Å². The van der Waals surface area contributed by atoms with E-state index in [9.17, 15) is 9.59 Å². The Morgan fingerprint density at radius 2 is 1.77 bits per heavy atom. The van der Waals surface area contributed by atoms with Crippen molar-refractivity contribution < 1.29 is 9.53 Å². The second kappa shape index (κ2) is 8.44. The average Bonchev–Trinajstić information content (AvgIpc) is 3.22. The van der Waals surface area contributed by atoms with Crippen molar-refractivity contribution in [3.8, 4) is 11.4 Å². The third kappa shape index (κ3) is 4.60. The van der Waals surface area contributed by atoms with Gasteiger partial charge in [0, 0.05) is 25.1 Å². The summed E-state index contributed by atoms with van der Waals surface area (Å²) in [6.45, 7) is 10.6. The van der Waals surface area contributed by atoms with E-state index in [1.807, 2.05) is 59.0 Å². The average molecular weight is 476 g/mol. The first-order valence-corrected chi connectivity index (χ1v) is 11.8. The van der Waals surface area contributed by atoms with Crippen molar-refractivity contribution in [1.29, 1.82) is 0 Å². The maximum atomic E-state index is 13.0. The third-order valence-corrected chi connectivity index (χ3v) is 6.13. The van der Waals surface area contributed by atoms with Gasteiger partial charge in [0.25, 0.3) is 5.56 Å². The molecule has 1 aliphatic heterocycles. The van der Waals surface area contributed by atoms with Gasteiger partial charge in [-0.2, -0.15) is 14.7 Å². The summed E-state index contributed by atoms with van der Waals surface area (Å²) >= 11 is 0. The van der Waals surface area contributed by atoms with Crippen LogP contribution in [0.1, 0.15) is 56.6 Å². The molecule has 1 amide bonds. The summed E-state index contributed by atoms with van der Waals surface area (Å²) < 4.78 is 8.58. The number of ether oxygens (including phenoxy) is 1. The van der Waals surface area contributed by atoms with Crippen LogP contribution in [-0.4, -0.2) is 58.9 Å². The van der Waals surface area contributed by atoms with Gasteiger partial charge in [-0.3, -0.25) is 9.78 Å². The number of piperidine rings is 1. The van der Waals surface area contributed by atoms with Gasteiger partial charge in [-0.1, -0.05) is 0 Å². The van der Waals surface area contributed by atoms with Crippen LogP contribution in [0.25, 0.3) is 22.6 Å². The topological polar surface area (TPSA) is 107 Å². The second-order valence-electron chi connectivity index (χ2n) is 10.1. The Hall–Kier alpha value is -3.82. The fraction of sp³-hybridized carbons (Fsp3) is 0.440. The minimum Gasteiger partial charge on any atom is -0.444 e. The molecule has 10 nitrogen and oxygen atoms in total. The normalized spacial score (nSPS) is 15.2. The van der Waals surface area contributed by atoms with Crippen molar-refractivity contribution in [2.75, 3.05) is 13.1 Å². The second-order valence-corrected chi connectivity index (χ2v) is 10.1. The van der Waals surface area contributed by atoms with Gasteiger partial charge in [0.2, 0.25) is 0 Å². The number of fused-ring (bicyclic) bond motifs is 2. The Labute approximate surface area is 202 Å². The number of carbonyl (C=O) groups is 1. The highest BCUT2D eigenvalue weighted by Crippen LogP contribution is 2.28. The summed E-state index contributed by atoms with van der Waals surface area (Å²) in [7, 11) is 0. The highest BCUT2D eigenvalue weighted by Gasteiger charge is 2.28. The van der Waals surface area contributed by atoms with Gasteiger partial charge in [-0.15, -0.1) is 0 Å². The number of amides is 1. The predicted molar refractivity (Wildman–Crippen MR) is 130 cm³/mol. The summed E-state index contributed by atoms with van der Waals surface area (Å²) in [6, 6.07) is 7.09. The molecule has 5 heterocycles. The molecule has 1 fully saturated rings. The smallest absolute Gasteiger partial charge is 0.410 e. The third-order valence-electron chi connectivity index (χ3n) is 6.13. The molecular weight excluding hydrogens is 446 g/mol. The Bertz CT molecular complexity index is 1490. The van der Waals surface area contributed by atoms with Crippen molar-refractivity contribution in [1.82, 2.24) is 34.1 Å². The molecule has 0 aromatic carbocycles. The number of rotatable bonds is 2. The van der Waals surface area contributed by atoms with Crippen LogP contribution < -0.4 is 5.56 Å². The van der Waals surface area contributed by atoms with E-state index >= 15 is 0 Å². The van der Waals surface area contributed by atoms with Crippen LogP contribution in [0.2, 0.25) is 0 Å². The quantitative estimate of drug-likeness (QED) is 0.436. The van der Waals surface area contributed by atoms with E-state index in [0.29, 0.717) is 30.1 Å². The van der Waals surface area contributed by atoms with Crippen LogP contribution in [0.5, 0.6) is 0 Å². The maximum Gasteiger partial charge on any atom is 0.410 e. The molecule has 0 bridgehead atoms. The molecule has 1 aliphatic rings. The SMILES string of the molecule is Cc1cn2nc(-c3cc(=O)n4nc(C5CCN(C(=O)OC(C)(C)C)CC5)ccc4n3)cc2c(C)n1. The number of hydrogen-bond donors (Lipinski definition) is 0. The van der Waals surface area contributed by atoms with E-state index in [0.717, 1.165) is 35.4 Å². The van der Waals surface area contributed by atoms with Crippen LogP contribution in [0.3, 0.4) is 0 Å². The van der Waals surface area contributed by atoms with Gasteiger partial charge >= 0.3 is 6.09 Å². The zero-order valence-electron chi connectivity index (χ0n) is 20.6. The summed E-state index contributed by atoms with van der Waals surface area (Å²) in [5.41, 5.74) is 4.22. The van der Waals surface area contributed by atoms with Crippen LogP contribution >= 0.6 is 0 Å². The summed E-state index contributed by atoms with van der Waals surface area (Å²) in [4.78, 5) is 36.2. The Balaban J connectivity index is 1.38. The molecule has 0 aliphatic carbocycles. The Morgan fingerprint density at radius 1 is 1.03 bits per heavy atom. The van der Waals surface area contributed by atoms with Crippen LogP contribution in [0.4, 0.5) is 4.79 Å². The molecule has 5 rings (SSSR count). The number of likely N-dealkylation sites (tertiary alicyclic amines) is 1. The molecular formula is C25H29N7O3. The molecule has 0 spiro atoms. The first-order valence-electron chi connectivity index (χ1n) is 11.8. The monoisotopic (exact) mass is 475 g/mol. The van der Waals surface area contributed by atoms with Crippen LogP contribution in [0, 0.1) is 13.8 Å². The highest BCUT2D eigenvalue weighted by molar-refractivity contribution is 5.68. The first kappa shape index (κ1) is 22.9. The fourth-order valence-corrected chi connectivity index (χ4v) is 4.46. The lowest BCUT2D eigenvalue weighted by atomic mass is 9.93. The molecule has 0 N–H and O–H groups in total. The lowest BCUT2D eigenvalue weighted by molar-refractivity contribution is 0.0204. The number of hydrogen-bond acceptors (Lipinski definition) is 7. The van der Waals surface area contributed by atoms with Gasteiger partial charge < -0.3 is 9.64 Å². The molecule has 4 aromatic rings. The number of aromatic nitrogens is 6. The van der Waals surface area contributed by atoms with Crippen LogP contribution in [0.15, 0.2) is 35.3 Å². The Morgan fingerprint density at radius 3 is 2.49 bits per heavy atom. The maximum absolute atomic E-state index is 13.0. The first-order chi connectivity index (χ1) is 16.6. The number of aryl methyl sites for hydroxylation is 2. The van der Waals surface area contributed by atoms with Gasteiger partial charge in [0.15, 0.2) is 5.65 Å². The molecule has 0 radical (unpaired) electrons. The molecule has 4 aromatic heterocycles. The summed E-state index contributed by atoms with van der Waals surface area (Å²) in [5, 5.41) is 9.19. The van der Waals surface area contributed by atoms with E-state index in [-0.39, 0.29) is 17.6 Å². The molecule has 0 unspecified atom stereocenters. The zero-order valence-corrected chi connectivity index (χ0v) is 20.6. The summed E-state index contributed by atoms with van der Waals surface area (Å²) in [5.74, 6) is 0.154. The largest absolute Gasteiger partial charge is 0.444 e. The van der Waals surface area contributed by atoms with Crippen LogP contribution in [-0.2, 0) is 4.74 Å². The van der Waals surface area contributed by atoms with Gasteiger partial charge in [0.1, 0.15) is 11.3 Å². The zero-order chi connectivity index (χ0) is 24.9. The Kier molecular flexibility index (Phi) is 5.53. The van der Waals surface area contributed by atoms with Crippen molar-refractivity contribution in [2.45, 2.75) is 59.0 Å². The minimum atomic E-state index is -0.515. The number of nitrogens with zero attached hydrogens (tertiary/aromatic N) is 7.